The van der Waals surface area contributed by atoms with Crippen molar-refractivity contribution in [2.24, 2.45) is 0 Å². The highest BCUT2D eigenvalue weighted by molar-refractivity contribution is 5.77. The van der Waals surface area contributed by atoms with E-state index in [1.54, 1.807) is 0 Å². The van der Waals surface area contributed by atoms with E-state index in [1.165, 1.54) is 11.1 Å². The Labute approximate surface area is 131 Å². The van der Waals surface area contributed by atoms with Gasteiger partial charge in [0.25, 0.3) is 0 Å². The van der Waals surface area contributed by atoms with Gasteiger partial charge in [-0.1, -0.05) is 12.1 Å². The van der Waals surface area contributed by atoms with E-state index in [0.717, 1.165) is 38.1 Å². The number of carbonyl (C=O) groups is 1. The topological polar surface area (TPSA) is 59.6 Å². The van der Waals surface area contributed by atoms with Gasteiger partial charge in [-0.25, -0.2) is 0 Å². The third-order valence-electron chi connectivity index (χ3n) is 4.16. The molecule has 5 heteroatoms. The summed E-state index contributed by atoms with van der Waals surface area (Å²) < 4.78 is 11.2. The number of carbonyl (C=O) groups excluding carboxylic acids is 1. The van der Waals surface area contributed by atoms with Gasteiger partial charge in [0.05, 0.1) is 6.10 Å². The fourth-order valence-electron chi connectivity index (χ4n) is 2.99. The Balaban J connectivity index is 1.37. The molecule has 1 fully saturated rings. The number of hydrogen-bond acceptors (Lipinski definition) is 4. The van der Waals surface area contributed by atoms with Gasteiger partial charge in [-0.3, -0.25) is 4.79 Å². The maximum Gasteiger partial charge on any atom is 0.246 e. The molecular formula is C17H24N2O3. The van der Waals surface area contributed by atoms with E-state index in [1.807, 2.05) is 6.07 Å². The first-order valence-corrected chi connectivity index (χ1v) is 8.08. The van der Waals surface area contributed by atoms with E-state index >= 15 is 0 Å². The standard InChI is InChI=1S/C17H24N2O3/c1-12-8-14-9-13(2-3-16(14)22-12)4-7-19-17(20)11-21-15-5-6-18-10-15/h2-3,9,12,15,18H,4-8,10-11H2,1H3,(H,19,20)/t12?,15-/m1/s1. The fraction of sp³-hybridized carbons (Fsp3) is 0.588. The Bertz CT molecular complexity index is 527. The summed E-state index contributed by atoms with van der Waals surface area (Å²) in [4.78, 5) is 11.7. The molecule has 2 aliphatic heterocycles. The highest BCUT2D eigenvalue weighted by atomic mass is 16.5. The minimum atomic E-state index is -0.0370. The first-order valence-electron chi connectivity index (χ1n) is 8.08. The van der Waals surface area contributed by atoms with Crippen molar-refractivity contribution < 1.29 is 14.3 Å². The number of ether oxygens (including phenoxy) is 2. The third-order valence-corrected chi connectivity index (χ3v) is 4.16. The molecule has 0 bridgehead atoms. The number of rotatable bonds is 6. The van der Waals surface area contributed by atoms with E-state index in [-0.39, 0.29) is 24.7 Å². The Morgan fingerprint density at radius 1 is 1.50 bits per heavy atom. The zero-order valence-corrected chi connectivity index (χ0v) is 13.1. The molecule has 0 saturated carbocycles. The summed E-state index contributed by atoms with van der Waals surface area (Å²) in [6.45, 7) is 4.71. The molecule has 0 radical (unpaired) electrons. The van der Waals surface area contributed by atoms with Gasteiger partial charge in [-0.15, -0.1) is 0 Å². The van der Waals surface area contributed by atoms with Crippen molar-refractivity contribution in [3.05, 3.63) is 29.3 Å². The van der Waals surface area contributed by atoms with Gasteiger partial charge in [-0.2, -0.15) is 0 Å². The lowest BCUT2D eigenvalue weighted by atomic mass is 10.1. The maximum absolute atomic E-state index is 11.7. The van der Waals surface area contributed by atoms with Crippen LogP contribution < -0.4 is 15.4 Å². The zero-order valence-electron chi connectivity index (χ0n) is 13.1. The average molecular weight is 304 g/mol. The Morgan fingerprint density at radius 3 is 3.23 bits per heavy atom. The number of fused-ring (bicyclic) bond motifs is 1. The third kappa shape index (κ3) is 3.99. The SMILES string of the molecule is CC1Cc2cc(CCNC(=O)CO[C@@H]3CCNC3)ccc2O1. The number of nitrogens with one attached hydrogen (secondary N) is 2. The second-order valence-electron chi connectivity index (χ2n) is 6.10. The molecule has 0 aromatic heterocycles. The molecule has 22 heavy (non-hydrogen) atoms. The molecule has 2 aliphatic rings. The van der Waals surface area contributed by atoms with Crippen molar-refractivity contribution >= 4 is 5.91 Å². The van der Waals surface area contributed by atoms with E-state index in [9.17, 15) is 4.79 Å². The van der Waals surface area contributed by atoms with Crippen LogP contribution in [0.15, 0.2) is 18.2 Å². The first kappa shape index (κ1) is 15.3. The lowest BCUT2D eigenvalue weighted by Crippen LogP contribution is -2.31. The van der Waals surface area contributed by atoms with Crippen LogP contribution in [0.2, 0.25) is 0 Å². The Hall–Kier alpha value is -1.59. The molecule has 0 aliphatic carbocycles. The second-order valence-corrected chi connectivity index (χ2v) is 6.10. The highest BCUT2D eigenvalue weighted by Gasteiger charge is 2.19. The molecule has 1 amide bonds. The van der Waals surface area contributed by atoms with Crippen molar-refractivity contribution in [1.82, 2.24) is 10.6 Å². The minimum Gasteiger partial charge on any atom is -0.490 e. The van der Waals surface area contributed by atoms with Crippen molar-refractivity contribution in [1.29, 1.82) is 0 Å². The average Bonchev–Trinajstić information content (AvgIpc) is 3.12. The van der Waals surface area contributed by atoms with Crippen LogP contribution in [-0.2, 0) is 22.4 Å². The van der Waals surface area contributed by atoms with Crippen LogP contribution in [0, 0.1) is 0 Å². The summed E-state index contributed by atoms with van der Waals surface area (Å²) in [6.07, 6.45) is 3.25. The van der Waals surface area contributed by atoms with E-state index in [0.29, 0.717) is 6.54 Å². The van der Waals surface area contributed by atoms with Gasteiger partial charge in [0.1, 0.15) is 18.5 Å². The molecule has 3 rings (SSSR count). The van der Waals surface area contributed by atoms with E-state index in [2.05, 4.69) is 29.7 Å². The summed E-state index contributed by atoms with van der Waals surface area (Å²) in [5, 5.41) is 6.13. The molecule has 2 atom stereocenters. The van der Waals surface area contributed by atoms with Gasteiger partial charge in [0.2, 0.25) is 5.91 Å². The number of amides is 1. The predicted octanol–water partition coefficient (Wildman–Crippen LogP) is 1.05. The fourth-order valence-corrected chi connectivity index (χ4v) is 2.99. The van der Waals surface area contributed by atoms with Crippen molar-refractivity contribution in [3.8, 4) is 5.75 Å². The molecule has 2 heterocycles. The monoisotopic (exact) mass is 304 g/mol. The van der Waals surface area contributed by atoms with Crippen LogP contribution in [0.25, 0.3) is 0 Å². The lowest BCUT2D eigenvalue weighted by molar-refractivity contribution is -0.127. The van der Waals surface area contributed by atoms with Gasteiger partial charge in [0, 0.05) is 19.5 Å². The summed E-state index contributed by atoms with van der Waals surface area (Å²) in [5.41, 5.74) is 2.51. The van der Waals surface area contributed by atoms with Crippen molar-refractivity contribution in [2.45, 2.75) is 38.4 Å². The molecule has 120 valence electrons. The van der Waals surface area contributed by atoms with E-state index in [4.69, 9.17) is 9.47 Å². The minimum absolute atomic E-state index is 0.0370. The summed E-state index contributed by atoms with van der Waals surface area (Å²) >= 11 is 0. The smallest absolute Gasteiger partial charge is 0.246 e. The molecule has 1 saturated heterocycles. The van der Waals surface area contributed by atoms with Crippen LogP contribution in [0.4, 0.5) is 0 Å². The molecule has 2 N–H and O–H groups in total. The molecule has 1 aromatic carbocycles. The maximum atomic E-state index is 11.7. The molecule has 5 nitrogen and oxygen atoms in total. The molecule has 1 aromatic rings. The zero-order chi connectivity index (χ0) is 15.4. The first-order chi connectivity index (χ1) is 10.7. The van der Waals surface area contributed by atoms with Crippen molar-refractivity contribution in [3.63, 3.8) is 0 Å². The largest absolute Gasteiger partial charge is 0.490 e. The van der Waals surface area contributed by atoms with Crippen LogP contribution in [0.3, 0.4) is 0 Å². The molecular weight excluding hydrogens is 280 g/mol. The van der Waals surface area contributed by atoms with E-state index < -0.39 is 0 Å². The quantitative estimate of drug-likeness (QED) is 0.825. The number of hydrogen-bond donors (Lipinski definition) is 2. The van der Waals surface area contributed by atoms with Gasteiger partial charge < -0.3 is 20.1 Å². The van der Waals surface area contributed by atoms with Gasteiger partial charge in [-0.05, 0) is 43.5 Å². The van der Waals surface area contributed by atoms with Crippen LogP contribution >= 0.6 is 0 Å². The molecule has 0 spiro atoms. The van der Waals surface area contributed by atoms with Crippen LogP contribution in [0.1, 0.15) is 24.5 Å². The normalized spacial score (nSPS) is 23.1. The summed E-state index contributed by atoms with van der Waals surface area (Å²) in [5.74, 6) is 0.962. The van der Waals surface area contributed by atoms with Crippen LogP contribution in [0.5, 0.6) is 5.75 Å². The van der Waals surface area contributed by atoms with Gasteiger partial charge >= 0.3 is 0 Å². The summed E-state index contributed by atoms with van der Waals surface area (Å²) in [6, 6.07) is 6.29. The molecule has 1 unspecified atom stereocenters. The Morgan fingerprint density at radius 2 is 2.41 bits per heavy atom. The Kier molecular flexibility index (Phi) is 4.95. The lowest BCUT2D eigenvalue weighted by Gasteiger charge is -2.10. The summed E-state index contributed by atoms with van der Waals surface area (Å²) in [7, 11) is 0. The highest BCUT2D eigenvalue weighted by Crippen LogP contribution is 2.29. The predicted molar refractivity (Wildman–Crippen MR) is 84.2 cm³/mol. The second kappa shape index (κ2) is 7.11. The van der Waals surface area contributed by atoms with Gasteiger partial charge in [0.15, 0.2) is 0 Å². The van der Waals surface area contributed by atoms with Crippen molar-refractivity contribution in [2.75, 3.05) is 26.2 Å². The number of benzene rings is 1. The van der Waals surface area contributed by atoms with Crippen LogP contribution in [-0.4, -0.2) is 44.4 Å².